The number of hydrogen-bond acceptors (Lipinski definition) is 5. The molecule has 2 rings (SSSR count). The monoisotopic (exact) mass is 393 g/mol. The van der Waals surface area contributed by atoms with Crippen molar-refractivity contribution >= 4 is 39.0 Å². The van der Waals surface area contributed by atoms with Crippen molar-refractivity contribution in [1.29, 1.82) is 0 Å². The van der Waals surface area contributed by atoms with E-state index in [1.165, 1.54) is 12.1 Å². The van der Waals surface area contributed by atoms with Crippen LogP contribution in [0.25, 0.3) is 0 Å². The molecule has 134 valence electrons. The van der Waals surface area contributed by atoms with Crippen LogP contribution in [0.4, 0.5) is 0 Å². The van der Waals surface area contributed by atoms with E-state index in [4.69, 9.17) is 27.9 Å². The first-order chi connectivity index (χ1) is 11.3. The van der Waals surface area contributed by atoms with Gasteiger partial charge in [-0.05, 0) is 44.5 Å². The molecule has 1 saturated heterocycles. The molecule has 1 atom stereocenters. The van der Waals surface area contributed by atoms with E-state index in [0.717, 1.165) is 19.4 Å². The van der Waals surface area contributed by atoms with Crippen molar-refractivity contribution < 1.29 is 17.9 Å². The molecule has 1 fully saturated rings. The standard InChI is InChI=1S/C16H21Cl2NO4S/c1-2-23-16(20)12-4-3-7-19(11-12)8-9-24(21,22)15-10-13(17)5-6-14(15)18/h5-6,10,12H,2-4,7-9,11H2,1H3/t12-/m0/s1. The number of nitrogens with zero attached hydrogens (tertiary/aromatic N) is 1. The second kappa shape index (κ2) is 8.52. The summed E-state index contributed by atoms with van der Waals surface area (Å²) in [6, 6.07) is 4.41. The largest absolute Gasteiger partial charge is 0.466 e. The average Bonchev–Trinajstić information content (AvgIpc) is 2.56. The minimum absolute atomic E-state index is 0.0515. The molecule has 0 amide bonds. The van der Waals surface area contributed by atoms with Crippen molar-refractivity contribution in [3.8, 4) is 0 Å². The first-order valence-electron chi connectivity index (χ1n) is 7.90. The van der Waals surface area contributed by atoms with Crippen LogP contribution in [-0.2, 0) is 19.4 Å². The lowest BCUT2D eigenvalue weighted by atomic mass is 9.98. The molecular formula is C16H21Cl2NO4S. The minimum atomic E-state index is -3.54. The van der Waals surface area contributed by atoms with Gasteiger partial charge in [0.2, 0.25) is 0 Å². The molecule has 0 aromatic heterocycles. The van der Waals surface area contributed by atoms with Crippen molar-refractivity contribution in [3.05, 3.63) is 28.2 Å². The van der Waals surface area contributed by atoms with Gasteiger partial charge in [0, 0.05) is 18.1 Å². The predicted molar refractivity (Wildman–Crippen MR) is 94.3 cm³/mol. The van der Waals surface area contributed by atoms with Gasteiger partial charge >= 0.3 is 5.97 Å². The van der Waals surface area contributed by atoms with Crippen LogP contribution >= 0.6 is 23.2 Å². The van der Waals surface area contributed by atoms with Crippen LogP contribution in [0.1, 0.15) is 19.8 Å². The highest BCUT2D eigenvalue weighted by molar-refractivity contribution is 7.91. The number of carbonyl (C=O) groups is 1. The molecule has 8 heteroatoms. The van der Waals surface area contributed by atoms with E-state index < -0.39 is 9.84 Å². The van der Waals surface area contributed by atoms with E-state index in [1.54, 1.807) is 13.0 Å². The Bertz CT molecular complexity index is 693. The molecular weight excluding hydrogens is 373 g/mol. The Morgan fingerprint density at radius 3 is 2.83 bits per heavy atom. The normalized spacial score (nSPS) is 19.2. The number of esters is 1. The van der Waals surface area contributed by atoms with Crippen molar-refractivity contribution in [2.45, 2.75) is 24.7 Å². The number of ether oxygens (including phenoxy) is 1. The lowest BCUT2D eigenvalue weighted by Crippen LogP contribution is -2.41. The Labute approximate surface area is 152 Å². The Balaban J connectivity index is 1.99. The van der Waals surface area contributed by atoms with Crippen molar-refractivity contribution in [1.82, 2.24) is 4.90 Å². The van der Waals surface area contributed by atoms with Gasteiger partial charge in [-0.1, -0.05) is 23.2 Å². The van der Waals surface area contributed by atoms with Gasteiger partial charge in [-0.15, -0.1) is 0 Å². The number of rotatable bonds is 6. The number of halogens is 2. The third-order valence-corrected chi connectivity index (χ3v) is 6.43. The lowest BCUT2D eigenvalue weighted by molar-refractivity contribution is -0.149. The van der Waals surface area contributed by atoms with Crippen LogP contribution in [0, 0.1) is 5.92 Å². The molecule has 1 aliphatic rings. The number of carbonyl (C=O) groups excluding carboxylic acids is 1. The van der Waals surface area contributed by atoms with Gasteiger partial charge in [-0.25, -0.2) is 8.42 Å². The average molecular weight is 394 g/mol. The molecule has 0 radical (unpaired) electrons. The summed E-state index contributed by atoms with van der Waals surface area (Å²) in [7, 11) is -3.54. The summed E-state index contributed by atoms with van der Waals surface area (Å²) in [6.45, 7) is 3.78. The van der Waals surface area contributed by atoms with E-state index >= 15 is 0 Å². The van der Waals surface area contributed by atoms with Crippen LogP contribution in [0.5, 0.6) is 0 Å². The second-order valence-electron chi connectivity index (χ2n) is 5.79. The fraction of sp³-hybridized carbons (Fsp3) is 0.562. The first kappa shape index (κ1) is 19.5. The molecule has 0 bridgehead atoms. The van der Waals surface area contributed by atoms with E-state index in [9.17, 15) is 13.2 Å². The fourth-order valence-corrected chi connectivity index (χ4v) is 4.88. The Morgan fingerprint density at radius 1 is 1.38 bits per heavy atom. The number of piperidine rings is 1. The Kier molecular flexibility index (Phi) is 6.92. The number of benzene rings is 1. The molecule has 1 aromatic carbocycles. The van der Waals surface area contributed by atoms with Gasteiger partial charge in [0.15, 0.2) is 9.84 Å². The molecule has 1 heterocycles. The van der Waals surface area contributed by atoms with Crippen molar-refractivity contribution in [3.63, 3.8) is 0 Å². The molecule has 5 nitrogen and oxygen atoms in total. The summed E-state index contributed by atoms with van der Waals surface area (Å²) < 4.78 is 30.1. The summed E-state index contributed by atoms with van der Waals surface area (Å²) in [6.07, 6.45) is 1.63. The van der Waals surface area contributed by atoms with Gasteiger partial charge in [0.05, 0.1) is 28.2 Å². The zero-order valence-corrected chi connectivity index (χ0v) is 15.8. The third-order valence-electron chi connectivity index (χ3n) is 4.03. The third kappa shape index (κ3) is 5.09. The SMILES string of the molecule is CCOC(=O)[C@H]1CCCN(CCS(=O)(=O)c2cc(Cl)ccc2Cl)C1. The van der Waals surface area contributed by atoms with Gasteiger partial charge in [-0.3, -0.25) is 4.79 Å². The molecule has 1 aromatic rings. The van der Waals surface area contributed by atoms with E-state index in [-0.39, 0.29) is 27.6 Å². The van der Waals surface area contributed by atoms with Crippen LogP contribution in [0.2, 0.25) is 10.0 Å². The Hall–Kier alpha value is -0.820. The fourth-order valence-electron chi connectivity index (χ4n) is 2.79. The van der Waals surface area contributed by atoms with Crippen LogP contribution in [0.3, 0.4) is 0 Å². The molecule has 0 saturated carbocycles. The molecule has 1 aliphatic heterocycles. The summed E-state index contributed by atoms with van der Waals surface area (Å²) in [5.74, 6) is -0.457. The highest BCUT2D eigenvalue weighted by Crippen LogP contribution is 2.26. The minimum Gasteiger partial charge on any atom is -0.466 e. The maximum atomic E-state index is 12.5. The van der Waals surface area contributed by atoms with Crippen molar-refractivity contribution in [2.75, 3.05) is 32.0 Å². The molecule has 0 spiro atoms. The van der Waals surface area contributed by atoms with Crippen LogP contribution in [-0.4, -0.2) is 51.3 Å². The zero-order valence-electron chi connectivity index (χ0n) is 13.5. The topological polar surface area (TPSA) is 63.7 Å². The highest BCUT2D eigenvalue weighted by atomic mass is 35.5. The predicted octanol–water partition coefficient (Wildman–Crippen LogP) is 3.04. The molecule has 24 heavy (non-hydrogen) atoms. The van der Waals surface area contributed by atoms with Gasteiger partial charge < -0.3 is 9.64 Å². The second-order valence-corrected chi connectivity index (χ2v) is 8.71. The summed E-state index contributed by atoms with van der Waals surface area (Å²) in [4.78, 5) is 13.9. The summed E-state index contributed by atoms with van der Waals surface area (Å²) in [5, 5.41) is 0.501. The maximum Gasteiger partial charge on any atom is 0.310 e. The lowest BCUT2D eigenvalue weighted by Gasteiger charge is -2.31. The zero-order chi connectivity index (χ0) is 17.7. The molecule has 0 unspecified atom stereocenters. The summed E-state index contributed by atoms with van der Waals surface area (Å²) in [5.41, 5.74) is 0. The van der Waals surface area contributed by atoms with Gasteiger partial charge in [0.25, 0.3) is 0 Å². The van der Waals surface area contributed by atoms with E-state index in [1.807, 2.05) is 4.90 Å². The first-order valence-corrected chi connectivity index (χ1v) is 10.3. The molecule has 0 aliphatic carbocycles. The highest BCUT2D eigenvalue weighted by Gasteiger charge is 2.28. The van der Waals surface area contributed by atoms with Crippen LogP contribution in [0.15, 0.2) is 23.1 Å². The number of likely N-dealkylation sites (tertiary alicyclic amines) is 1. The van der Waals surface area contributed by atoms with Crippen LogP contribution < -0.4 is 0 Å². The van der Waals surface area contributed by atoms with Crippen molar-refractivity contribution in [2.24, 2.45) is 5.92 Å². The maximum absolute atomic E-state index is 12.5. The Morgan fingerprint density at radius 2 is 2.12 bits per heavy atom. The molecule has 0 N–H and O–H groups in total. The van der Waals surface area contributed by atoms with Gasteiger partial charge in [-0.2, -0.15) is 0 Å². The van der Waals surface area contributed by atoms with E-state index in [2.05, 4.69) is 0 Å². The van der Waals surface area contributed by atoms with Gasteiger partial charge in [0.1, 0.15) is 0 Å². The quantitative estimate of drug-likeness (QED) is 0.694. The van der Waals surface area contributed by atoms with E-state index in [0.29, 0.717) is 24.7 Å². The number of hydrogen-bond donors (Lipinski definition) is 0. The smallest absolute Gasteiger partial charge is 0.310 e. The number of sulfone groups is 1. The summed E-state index contributed by atoms with van der Waals surface area (Å²) >= 11 is 11.9.